The molecule has 4 nitrogen and oxygen atoms in total. The molecule has 0 aromatic carbocycles. The van der Waals surface area contributed by atoms with E-state index in [1.165, 1.54) is 0 Å². The van der Waals surface area contributed by atoms with E-state index in [1.54, 1.807) is 0 Å². The molecule has 0 fully saturated rings. The fourth-order valence-electron chi connectivity index (χ4n) is 1.07. The summed E-state index contributed by atoms with van der Waals surface area (Å²) < 4.78 is 1.98. The Kier molecular flexibility index (Phi) is 3.37. The molecule has 2 N–H and O–H groups in total. The van der Waals surface area contributed by atoms with Gasteiger partial charge in [-0.3, -0.25) is 0 Å². The average Bonchev–Trinajstić information content (AvgIpc) is 2.48. The molecule has 1 heterocycles. The first-order valence-corrected chi connectivity index (χ1v) is 4.36. The van der Waals surface area contributed by atoms with E-state index in [9.17, 15) is 4.79 Å². The van der Waals surface area contributed by atoms with E-state index in [1.807, 2.05) is 36.9 Å². The predicted octanol–water partition coefficient (Wildman–Crippen LogP) is 0.844. The molecule has 72 valence electrons. The van der Waals surface area contributed by atoms with Crippen molar-refractivity contribution in [2.75, 3.05) is 6.54 Å². The fraction of sp³-hybridized carbons (Fsp3) is 0.444. The van der Waals surface area contributed by atoms with Crippen LogP contribution in [0.15, 0.2) is 18.3 Å². The topological polar surface area (TPSA) is 46.1 Å². The lowest BCUT2D eigenvalue weighted by molar-refractivity contribution is 0.241. The zero-order valence-corrected chi connectivity index (χ0v) is 8.00. The van der Waals surface area contributed by atoms with Gasteiger partial charge in [0.15, 0.2) is 0 Å². The molecule has 0 unspecified atom stereocenters. The van der Waals surface area contributed by atoms with E-state index < -0.39 is 0 Å². The summed E-state index contributed by atoms with van der Waals surface area (Å²) >= 11 is 0. The Hall–Kier alpha value is -1.45. The largest absolute Gasteiger partial charge is 0.353 e. The summed E-state index contributed by atoms with van der Waals surface area (Å²) in [5.41, 5.74) is 1.09. The van der Waals surface area contributed by atoms with Crippen LogP contribution >= 0.6 is 0 Å². The van der Waals surface area contributed by atoms with Crippen LogP contribution in [-0.2, 0) is 13.6 Å². The van der Waals surface area contributed by atoms with Crippen molar-refractivity contribution in [3.05, 3.63) is 24.0 Å². The standard InChI is InChI=1S/C9H15N3O/c1-3-10-9(13)11-7-8-5-4-6-12(8)2/h4-6H,3,7H2,1-2H3,(H2,10,11,13). The number of aromatic nitrogens is 1. The minimum absolute atomic E-state index is 0.122. The van der Waals surface area contributed by atoms with E-state index in [0.717, 1.165) is 5.69 Å². The van der Waals surface area contributed by atoms with Gasteiger partial charge in [0, 0.05) is 25.5 Å². The van der Waals surface area contributed by atoms with Crippen molar-refractivity contribution in [1.29, 1.82) is 0 Å². The van der Waals surface area contributed by atoms with E-state index in [4.69, 9.17) is 0 Å². The molecule has 0 saturated carbocycles. The van der Waals surface area contributed by atoms with Crippen LogP contribution < -0.4 is 10.6 Å². The first-order valence-electron chi connectivity index (χ1n) is 4.36. The number of hydrogen-bond acceptors (Lipinski definition) is 1. The maximum Gasteiger partial charge on any atom is 0.315 e. The first kappa shape index (κ1) is 9.64. The van der Waals surface area contributed by atoms with Crippen molar-refractivity contribution < 1.29 is 4.79 Å². The minimum Gasteiger partial charge on any atom is -0.353 e. The maximum absolute atomic E-state index is 11.0. The smallest absolute Gasteiger partial charge is 0.315 e. The Morgan fingerprint density at radius 3 is 2.85 bits per heavy atom. The number of nitrogens with one attached hydrogen (secondary N) is 2. The predicted molar refractivity (Wildman–Crippen MR) is 51.3 cm³/mol. The van der Waals surface area contributed by atoms with Crippen molar-refractivity contribution in [3.8, 4) is 0 Å². The summed E-state index contributed by atoms with van der Waals surface area (Å²) in [6.07, 6.45) is 1.95. The van der Waals surface area contributed by atoms with Crippen LogP contribution in [0.5, 0.6) is 0 Å². The van der Waals surface area contributed by atoms with Crippen LogP contribution in [0.1, 0.15) is 12.6 Å². The highest BCUT2D eigenvalue weighted by molar-refractivity contribution is 5.73. The molecule has 0 spiro atoms. The van der Waals surface area contributed by atoms with Crippen LogP contribution in [0.3, 0.4) is 0 Å². The normalized spacial score (nSPS) is 9.69. The molecule has 0 aliphatic carbocycles. The molecule has 0 atom stereocenters. The monoisotopic (exact) mass is 181 g/mol. The highest BCUT2D eigenvalue weighted by atomic mass is 16.2. The Labute approximate surface area is 77.9 Å². The molecule has 2 amide bonds. The molecule has 0 aliphatic rings. The molecule has 1 aromatic heterocycles. The molecular weight excluding hydrogens is 166 g/mol. The molecule has 1 rings (SSSR count). The number of aryl methyl sites for hydroxylation is 1. The number of rotatable bonds is 3. The van der Waals surface area contributed by atoms with Gasteiger partial charge in [0.25, 0.3) is 0 Å². The summed E-state index contributed by atoms with van der Waals surface area (Å²) in [7, 11) is 1.95. The highest BCUT2D eigenvalue weighted by Gasteiger charge is 1.99. The van der Waals surface area contributed by atoms with E-state index in [-0.39, 0.29) is 6.03 Å². The number of hydrogen-bond donors (Lipinski definition) is 2. The molecule has 0 bridgehead atoms. The van der Waals surface area contributed by atoms with Gasteiger partial charge in [-0.1, -0.05) is 0 Å². The molecule has 4 heteroatoms. The lowest BCUT2D eigenvalue weighted by atomic mass is 10.4. The number of carbonyl (C=O) groups is 1. The third-order valence-corrected chi connectivity index (χ3v) is 1.82. The first-order chi connectivity index (χ1) is 6.24. The number of nitrogens with zero attached hydrogens (tertiary/aromatic N) is 1. The average molecular weight is 181 g/mol. The minimum atomic E-state index is -0.122. The van der Waals surface area contributed by atoms with Gasteiger partial charge in [-0.25, -0.2) is 4.79 Å². The quantitative estimate of drug-likeness (QED) is 0.713. The Bertz CT molecular complexity index is 280. The van der Waals surface area contributed by atoms with Crippen molar-refractivity contribution in [1.82, 2.24) is 15.2 Å². The number of carbonyl (C=O) groups excluding carboxylic acids is 1. The Morgan fingerprint density at radius 1 is 1.54 bits per heavy atom. The van der Waals surface area contributed by atoms with Gasteiger partial charge in [0.05, 0.1) is 6.54 Å². The number of amides is 2. The van der Waals surface area contributed by atoms with Gasteiger partial charge in [-0.05, 0) is 19.1 Å². The van der Waals surface area contributed by atoms with Gasteiger partial charge in [-0.15, -0.1) is 0 Å². The lowest BCUT2D eigenvalue weighted by Gasteiger charge is -2.06. The van der Waals surface area contributed by atoms with Crippen molar-refractivity contribution >= 4 is 6.03 Å². The lowest BCUT2D eigenvalue weighted by Crippen LogP contribution is -2.35. The molecular formula is C9H15N3O. The highest BCUT2D eigenvalue weighted by Crippen LogP contribution is 1.97. The second-order valence-electron chi connectivity index (χ2n) is 2.82. The number of urea groups is 1. The van der Waals surface area contributed by atoms with Gasteiger partial charge in [-0.2, -0.15) is 0 Å². The molecule has 1 aromatic rings. The van der Waals surface area contributed by atoms with Crippen molar-refractivity contribution in [3.63, 3.8) is 0 Å². The molecule has 13 heavy (non-hydrogen) atoms. The van der Waals surface area contributed by atoms with Gasteiger partial charge in [0.1, 0.15) is 0 Å². The molecule has 0 saturated heterocycles. The summed E-state index contributed by atoms with van der Waals surface area (Å²) in [4.78, 5) is 11.0. The Balaban J connectivity index is 2.35. The van der Waals surface area contributed by atoms with E-state index in [0.29, 0.717) is 13.1 Å². The van der Waals surface area contributed by atoms with Crippen LogP contribution in [0.2, 0.25) is 0 Å². The zero-order chi connectivity index (χ0) is 9.68. The summed E-state index contributed by atoms with van der Waals surface area (Å²) in [6.45, 7) is 3.11. The second kappa shape index (κ2) is 4.54. The SMILES string of the molecule is CCNC(=O)NCc1cccn1C. The van der Waals surface area contributed by atoms with Crippen LogP contribution in [-0.4, -0.2) is 17.1 Å². The van der Waals surface area contributed by atoms with E-state index in [2.05, 4.69) is 10.6 Å². The van der Waals surface area contributed by atoms with Crippen LogP contribution in [0.4, 0.5) is 4.79 Å². The maximum atomic E-state index is 11.0. The fourth-order valence-corrected chi connectivity index (χ4v) is 1.07. The molecule has 0 aliphatic heterocycles. The third-order valence-electron chi connectivity index (χ3n) is 1.82. The Morgan fingerprint density at radius 2 is 2.31 bits per heavy atom. The van der Waals surface area contributed by atoms with E-state index >= 15 is 0 Å². The summed E-state index contributed by atoms with van der Waals surface area (Å²) in [5, 5.41) is 5.42. The molecule has 0 radical (unpaired) electrons. The van der Waals surface area contributed by atoms with Crippen LogP contribution in [0.25, 0.3) is 0 Å². The second-order valence-corrected chi connectivity index (χ2v) is 2.82. The van der Waals surface area contributed by atoms with Crippen LogP contribution in [0, 0.1) is 0 Å². The van der Waals surface area contributed by atoms with Crippen molar-refractivity contribution in [2.24, 2.45) is 7.05 Å². The van der Waals surface area contributed by atoms with Gasteiger partial charge >= 0.3 is 6.03 Å². The van der Waals surface area contributed by atoms with Crippen molar-refractivity contribution in [2.45, 2.75) is 13.5 Å². The summed E-state index contributed by atoms with van der Waals surface area (Å²) in [6, 6.07) is 3.81. The summed E-state index contributed by atoms with van der Waals surface area (Å²) in [5.74, 6) is 0. The third kappa shape index (κ3) is 2.82. The van der Waals surface area contributed by atoms with Gasteiger partial charge in [0.2, 0.25) is 0 Å². The zero-order valence-electron chi connectivity index (χ0n) is 8.00. The van der Waals surface area contributed by atoms with Gasteiger partial charge < -0.3 is 15.2 Å².